The predicted octanol–water partition coefficient (Wildman–Crippen LogP) is 3.03. The molecule has 0 bridgehead atoms. The molecule has 0 fully saturated rings. The van der Waals surface area contributed by atoms with Gasteiger partial charge in [-0.1, -0.05) is 28.1 Å². The first-order chi connectivity index (χ1) is 7.95. The Morgan fingerprint density at radius 2 is 2.12 bits per heavy atom. The van der Waals surface area contributed by atoms with Crippen LogP contribution in [-0.2, 0) is 20.7 Å². The first kappa shape index (κ1) is 14.2. The summed E-state index contributed by atoms with van der Waals surface area (Å²) in [6.45, 7) is 1.44. The molecule has 0 radical (unpaired) electrons. The summed E-state index contributed by atoms with van der Waals surface area (Å²) >= 11 is 9.30. The minimum atomic E-state index is -0.670. The first-order valence-corrected chi connectivity index (χ1v) is 6.18. The third-order valence-electron chi connectivity index (χ3n) is 2.27. The predicted molar refractivity (Wildman–Crippen MR) is 69.1 cm³/mol. The molecular weight excluding hydrogens is 307 g/mol. The van der Waals surface area contributed by atoms with Gasteiger partial charge in [-0.2, -0.15) is 0 Å². The van der Waals surface area contributed by atoms with Gasteiger partial charge in [0.1, 0.15) is 5.38 Å². The highest BCUT2D eigenvalue weighted by atomic mass is 79.9. The van der Waals surface area contributed by atoms with Crippen molar-refractivity contribution < 1.29 is 14.3 Å². The van der Waals surface area contributed by atoms with E-state index < -0.39 is 5.38 Å². The number of ketones is 1. The minimum absolute atomic E-state index is 0.118. The largest absolute Gasteiger partial charge is 0.469 e. The summed E-state index contributed by atoms with van der Waals surface area (Å²) in [5.41, 5.74) is 1.51. The molecule has 3 nitrogen and oxygen atoms in total. The molecule has 0 saturated carbocycles. The number of carbonyl (C=O) groups excluding carboxylic acids is 2. The molecule has 5 heteroatoms. The van der Waals surface area contributed by atoms with Gasteiger partial charge in [0.2, 0.25) is 0 Å². The number of hydrogen-bond donors (Lipinski definition) is 0. The lowest BCUT2D eigenvalue weighted by Gasteiger charge is -2.10. The second kappa shape index (κ2) is 6.17. The fraction of sp³-hybridized carbons (Fsp3) is 0.333. The molecule has 17 heavy (non-hydrogen) atoms. The van der Waals surface area contributed by atoms with Gasteiger partial charge in [-0.25, -0.2) is 0 Å². The van der Waals surface area contributed by atoms with Crippen LogP contribution in [0.4, 0.5) is 0 Å². The Bertz CT molecular complexity index is 445. The first-order valence-electron chi connectivity index (χ1n) is 4.95. The molecule has 0 saturated heterocycles. The topological polar surface area (TPSA) is 43.4 Å². The van der Waals surface area contributed by atoms with Crippen molar-refractivity contribution in [1.29, 1.82) is 0 Å². The van der Waals surface area contributed by atoms with Gasteiger partial charge in [0.25, 0.3) is 0 Å². The molecule has 1 atom stereocenters. The Kier molecular flexibility index (Phi) is 5.15. The standard InChI is InChI=1S/C12H12BrClO3/c1-7(15)12(14)9-4-3-8(5-10(9)13)6-11(16)17-2/h3-5,12H,6H2,1-2H3. The highest BCUT2D eigenvalue weighted by Crippen LogP contribution is 2.29. The fourth-order valence-corrected chi connectivity index (χ4v) is 2.32. The zero-order valence-electron chi connectivity index (χ0n) is 9.50. The highest BCUT2D eigenvalue weighted by Gasteiger charge is 2.16. The van der Waals surface area contributed by atoms with Crippen molar-refractivity contribution in [1.82, 2.24) is 0 Å². The summed E-state index contributed by atoms with van der Waals surface area (Å²) in [5, 5.41) is -0.670. The maximum absolute atomic E-state index is 11.2. The monoisotopic (exact) mass is 318 g/mol. The van der Waals surface area contributed by atoms with Gasteiger partial charge in [0, 0.05) is 4.47 Å². The van der Waals surface area contributed by atoms with E-state index in [0.29, 0.717) is 10.0 Å². The molecule has 1 aromatic rings. The highest BCUT2D eigenvalue weighted by molar-refractivity contribution is 9.10. The zero-order valence-corrected chi connectivity index (χ0v) is 11.8. The fourth-order valence-electron chi connectivity index (χ4n) is 1.34. The van der Waals surface area contributed by atoms with Crippen molar-refractivity contribution in [3.05, 3.63) is 33.8 Å². The van der Waals surface area contributed by atoms with Gasteiger partial charge >= 0.3 is 5.97 Å². The van der Waals surface area contributed by atoms with E-state index in [1.807, 2.05) is 0 Å². The molecule has 0 aromatic heterocycles. The van der Waals surface area contributed by atoms with Crippen LogP contribution in [0.15, 0.2) is 22.7 Å². The van der Waals surface area contributed by atoms with E-state index in [2.05, 4.69) is 20.7 Å². The summed E-state index contributed by atoms with van der Waals surface area (Å²) < 4.78 is 5.29. The van der Waals surface area contributed by atoms with Crippen molar-refractivity contribution in [2.75, 3.05) is 7.11 Å². The van der Waals surface area contributed by atoms with E-state index in [4.69, 9.17) is 11.6 Å². The molecule has 0 N–H and O–H groups in total. The lowest BCUT2D eigenvalue weighted by atomic mass is 10.1. The van der Waals surface area contributed by atoms with Crippen LogP contribution < -0.4 is 0 Å². The Labute approximate surface area is 113 Å². The minimum Gasteiger partial charge on any atom is -0.469 e. The SMILES string of the molecule is COC(=O)Cc1ccc(C(Cl)C(C)=O)c(Br)c1. The molecule has 0 spiro atoms. The Morgan fingerprint density at radius 3 is 2.59 bits per heavy atom. The summed E-state index contributed by atoms with van der Waals surface area (Å²) in [6, 6.07) is 5.27. The normalized spacial score (nSPS) is 12.0. The van der Waals surface area contributed by atoms with Crippen molar-refractivity contribution in [2.45, 2.75) is 18.7 Å². The molecule has 1 aromatic carbocycles. The molecule has 0 aliphatic rings. The second-order valence-electron chi connectivity index (χ2n) is 3.58. The van der Waals surface area contributed by atoms with Gasteiger partial charge in [-0.3, -0.25) is 9.59 Å². The van der Waals surface area contributed by atoms with Crippen LogP contribution in [0, 0.1) is 0 Å². The number of esters is 1. The molecule has 0 amide bonds. The summed E-state index contributed by atoms with van der Waals surface area (Å²) in [4.78, 5) is 22.3. The summed E-state index contributed by atoms with van der Waals surface area (Å²) in [7, 11) is 1.34. The zero-order chi connectivity index (χ0) is 13.0. The molecule has 1 unspecified atom stereocenters. The maximum atomic E-state index is 11.2. The number of halogens is 2. The van der Waals surface area contributed by atoms with Gasteiger partial charge in [0.15, 0.2) is 5.78 Å². The third-order valence-corrected chi connectivity index (χ3v) is 3.50. The van der Waals surface area contributed by atoms with Crippen LogP contribution in [0.25, 0.3) is 0 Å². The Hall–Kier alpha value is -0.870. The average Bonchev–Trinajstić information content (AvgIpc) is 2.28. The quantitative estimate of drug-likeness (QED) is 0.633. The molecular formula is C12H12BrClO3. The average molecular weight is 320 g/mol. The maximum Gasteiger partial charge on any atom is 0.309 e. The Balaban J connectivity index is 2.94. The van der Waals surface area contributed by atoms with E-state index in [0.717, 1.165) is 5.56 Å². The number of rotatable bonds is 4. The number of Topliss-reactive ketones (excluding diaryl/α,β-unsaturated/α-hetero) is 1. The van der Waals surface area contributed by atoms with Crippen LogP contribution >= 0.6 is 27.5 Å². The molecule has 0 heterocycles. The Morgan fingerprint density at radius 1 is 1.47 bits per heavy atom. The van der Waals surface area contributed by atoms with E-state index >= 15 is 0 Å². The number of hydrogen-bond acceptors (Lipinski definition) is 3. The lowest BCUT2D eigenvalue weighted by Crippen LogP contribution is -2.06. The van der Waals surface area contributed by atoms with Crippen molar-refractivity contribution in [3.8, 4) is 0 Å². The number of ether oxygens (including phenoxy) is 1. The molecule has 0 aliphatic carbocycles. The van der Waals surface area contributed by atoms with E-state index in [1.54, 1.807) is 18.2 Å². The second-order valence-corrected chi connectivity index (χ2v) is 4.87. The number of alkyl halides is 1. The smallest absolute Gasteiger partial charge is 0.309 e. The van der Waals surface area contributed by atoms with Crippen molar-refractivity contribution in [2.24, 2.45) is 0 Å². The van der Waals surface area contributed by atoms with Gasteiger partial charge in [0.05, 0.1) is 13.5 Å². The summed E-state index contributed by atoms with van der Waals surface area (Å²) in [5.74, 6) is -0.424. The number of methoxy groups -OCH3 is 1. The lowest BCUT2D eigenvalue weighted by molar-refractivity contribution is -0.139. The van der Waals surface area contributed by atoms with Crippen LogP contribution in [0.3, 0.4) is 0 Å². The summed E-state index contributed by atoms with van der Waals surface area (Å²) in [6.07, 6.45) is 0.197. The van der Waals surface area contributed by atoms with Gasteiger partial charge in [-0.15, -0.1) is 11.6 Å². The van der Waals surface area contributed by atoms with Crippen LogP contribution in [-0.4, -0.2) is 18.9 Å². The van der Waals surface area contributed by atoms with E-state index in [-0.39, 0.29) is 18.2 Å². The van der Waals surface area contributed by atoms with Crippen LogP contribution in [0.2, 0.25) is 0 Å². The van der Waals surface area contributed by atoms with Crippen molar-refractivity contribution in [3.63, 3.8) is 0 Å². The van der Waals surface area contributed by atoms with Gasteiger partial charge < -0.3 is 4.74 Å². The molecule has 1 rings (SSSR count). The third kappa shape index (κ3) is 3.82. The van der Waals surface area contributed by atoms with Crippen LogP contribution in [0.1, 0.15) is 23.4 Å². The molecule has 92 valence electrons. The number of benzene rings is 1. The number of carbonyl (C=O) groups is 2. The van der Waals surface area contributed by atoms with Crippen molar-refractivity contribution >= 4 is 39.3 Å². The van der Waals surface area contributed by atoms with E-state index in [1.165, 1.54) is 14.0 Å². The van der Waals surface area contributed by atoms with Crippen LogP contribution in [0.5, 0.6) is 0 Å². The van der Waals surface area contributed by atoms with E-state index in [9.17, 15) is 9.59 Å². The molecule has 0 aliphatic heterocycles. The van der Waals surface area contributed by atoms with Gasteiger partial charge in [-0.05, 0) is 24.1 Å².